The summed E-state index contributed by atoms with van der Waals surface area (Å²) in [5, 5.41) is 12.7. The normalized spacial score (nSPS) is 10.9. The second-order valence-corrected chi connectivity index (χ2v) is 4.79. The molecule has 18 heavy (non-hydrogen) atoms. The molecule has 0 aliphatic carbocycles. The van der Waals surface area contributed by atoms with Gasteiger partial charge in [-0.05, 0) is 26.7 Å². The van der Waals surface area contributed by atoms with Crippen molar-refractivity contribution in [2.24, 2.45) is 5.41 Å². The molecule has 0 fully saturated rings. The number of hydrogen-bond donors (Lipinski definition) is 1. The van der Waals surface area contributed by atoms with E-state index in [0.29, 0.717) is 25.1 Å². The second kappa shape index (κ2) is 6.05. The fourth-order valence-electron chi connectivity index (χ4n) is 1.40. The maximum Gasteiger partial charge on any atom is 0.327 e. The van der Waals surface area contributed by atoms with Crippen molar-refractivity contribution >= 4 is 11.7 Å². The minimum atomic E-state index is -0.372. The molecule has 1 aromatic rings. The first-order valence-electron chi connectivity index (χ1n) is 5.78. The van der Waals surface area contributed by atoms with Gasteiger partial charge in [-0.3, -0.25) is 9.48 Å². The van der Waals surface area contributed by atoms with Gasteiger partial charge in [0.2, 0.25) is 0 Å². The third-order valence-corrected chi connectivity index (χ3v) is 2.46. The predicted molar refractivity (Wildman–Crippen MR) is 66.2 cm³/mol. The highest BCUT2D eigenvalue weighted by Gasteiger charge is 2.16. The standard InChI is InChI=1S/C12H18N4O2/c1-12(2,9-13)4-3-5-18-11(17)8-16-7-10(14)6-15-16/h6-7H,3-5,8,14H2,1-2H3. The van der Waals surface area contributed by atoms with Crippen molar-refractivity contribution in [1.82, 2.24) is 9.78 Å². The van der Waals surface area contributed by atoms with E-state index in [1.807, 2.05) is 13.8 Å². The van der Waals surface area contributed by atoms with Crippen molar-refractivity contribution in [3.8, 4) is 6.07 Å². The Labute approximate surface area is 106 Å². The quantitative estimate of drug-likeness (QED) is 0.607. The molecule has 6 heteroatoms. The van der Waals surface area contributed by atoms with Gasteiger partial charge in [-0.2, -0.15) is 10.4 Å². The van der Waals surface area contributed by atoms with Crippen molar-refractivity contribution in [2.75, 3.05) is 12.3 Å². The molecule has 1 rings (SSSR count). The minimum Gasteiger partial charge on any atom is -0.464 e. The Morgan fingerprint density at radius 1 is 1.67 bits per heavy atom. The summed E-state index contributed by atoms with van der Waals surface area (Å²) >= 11 is 0. The van der Waals surface area contributed by atoms with Gasteiger partial charge in [0, 0.05) is 6.20 Å². The van der Waals surface area contributed by atoms with E-state index >= 15 is 0 Å². The van der Waals surface area contributed by atoms with E-state index < -0.39 is 0 Å². The molecule has 1 aromatic heterocycles. The highest BCUT2D eigenvalue weighted by Crippen LogP contribution is 2.20. The lowest BCUT2D eigenvalue weighted by Crippen LogP contribution is -2.16. The maximum atomic E-state index is 11.4. The molecule has 0 aromatic carbocycles. The average molecular weight is 250 g/mol. The molecule has 1 heterocycles. The molecule has 0 radical (unpaired) electrons. The Kier molecular flexibility index (Phi) is 4.72. The van der Waals surface area contributed by atoms with Gasteiger partial charge < -0.3 is 10.5 Å². The van der Waals surface area contributed by atoms with Crippen LogP contribution in [0.25, 0.3) is 0 Å². The average Bonchev–Trinajstić information content (AvgIpc) is 2.70. The van der Waals surface area contributed by atoms with Gasteiger partial charge in [0.05, 0.1) is 30.0 Å². The van der Waals surface area contributed by atoms with Crippen LogP contribution in [0.5, 0.6) is 0 Å². The van der Waals surface area contributed by atoms with Crippen molar-refractivity contribution in [2.45, 2.75) is 33.2 Å². The van der Waals surface area contributed by atoms with Crippen LogP contribution in [0.4, 0.5) is 5.69 Å². The van der Waals surface area contributed by atoms with Crippen LogP contribution in [0.15, 0.2) is 12.4 Å². The Morgan fingerprint density at radius 3 is 2.94 bits per heavy atom. The van der Waals surface area contributed by atoms with Gasteiger partial charge in [-0.15, -0.1) is 0 Å². The van der Waals surface area contributed by atoms with Crippen LogP contribution in [0.3, 0.4) is 0 Å². The number of esters is 1. The van der Waals surface area contributed by atoms with Crippen LogP contribution < -0.4 is 5.73 Å². The van der Waals surface area contributed by atoms with Crippen LogP contribution in [-0.2, 0) is 16.1 Å². The third kappa shape index (κ3) is 4.87. The molecule has 6 nitrogen and oxygen atoms in total. The molecule has 0 amide bonds. The van der Waals surface area contributed by atoms with Gasteiger partial charge >= 0.3 is 5.97 Å². The van der Waals surface area contributed by atoms with Gasteiger partial charge in [-0.1, -0.05) is 0 Å². The third-order valence-electron chi connectivity index (χ3n) is 2.46. The summed E-state index contributed by atoms with van der Waals surface area (Å²) in [5.41, 5.74) is 5.61. The Bertz CT molecular complexity index is 445. The number of hydrogen-bond acceptors (Lipinski definition) is 5. The first kappa shape index (κ1) is 14.0. The van der Waals surface area contributed by atoms with Gasteiger partial charge in [0.25, 0.3) is 0 Å². The van der Waals surface area contributed by atoms with Crippen molar-refractivity contribution in [1.29, 1.82) is 5.26 Å². The summed E-state index contributed by atoms with van der Waals surface area (Å²) in [6.45, 7) is 4.10. The first-order valence-corrected chi connectivity index (χ1v) is 5.78. The summed E-state index contributed by atoms with van der Waals surface area (Å²) in [6, 6.07) is 2.20. The maximum absolute atomic E-state index is 11.4. The second-order valence-electron chi connectivity index (χ2n) is 4.79. The molecule has 0 aliphatic rings. The van der Waals surface area contributed by atoms with Gasteiger partial charge in [-0.25, -0.2) is 0 Å². The number of nitrogens with zero attached hydrogens (tertiary/aromatic N) is 3. The van der Waals surface area contributed by atoms with Crippen LogP contribution in [0, 0.1) is 16.7 Å². The van der Waals surface area contributed by atoms with Crippen LogP contribution >= 0.6 is 0 Å². The number of ether oxygens (including phenoxy) is 1. The molecule has 0 aliphatic heterocycles. The van der Waals surface area contributed by atoms with Crippen molar-refractivity contribution < 1.29 is 9.53 Å². The highest BCUT2D eigenvalue weighted by molar-refractivity contribution is 5.69. The number of carbonyl (C=O) groups is 1. The molecule has 0 unspecified atom stereocenters. The monoisotopic (exact) mass is 250 g/mol. The van der Waals surface area contributed by atoms with Gasteiger partial charge in [0.1, 0.15) is 6.54 Å². The first-order chi connectivity index (χ1) is 8.43. The molecular formula is C12H18N4O2. The summed E-state index contributed by atoms with van der Waals surface area (Å²) in [5.74, 6) is -0.354. The SMILES string of the molecule is CC(C)(C#N)CCCOC(=O)Cn1cc(N)cn1. The molecule has 0 spiro atoms. The molecule has 2 N–H and O–H groups in total. The van der Waals surface area contributed by atoms with E-state index in [-0.39, 0.29) is 17.9 Å². The summed E-state index contributed by atoms with van der Waals surface area (Å²) in [7, 11) is 0. The summed E-state index contributed by atoms with van der Waals surface area (Å²) in [4.78, 5) is 11.4. The van der Waals surface area contributed by atoms with Crippen LogP contribution in [0.1, 0.15) is 26.7 Å². The number of aromatic nitrogens is 2. The van der Waals surface area contributed by atoms with E-state index in [0.717, 1.165) is 0 Å². The van der Waals surface area contributed by atoms with E-state index in [2.05, 4.69) is 11.2 Å². The molecular weight excluding hydrogens is 232 g/mol. The molecule has 0 bridgehead atoms. The molecule has 0 atom stereocenters. The molecule has 0 saturated carbocycles. The number of nitrogens with two attached hydrogens (primary N) is 1. The zero-order valence-corrected chi connectivity index (χ0v) is 10.7. The lowest BCUT2D eigenvalue weighted by Gasteiger charge is -2.14. The minimum absolute atomic E-state index is 0.0544. The molecule has 98 valence electrons. The zero-order chi connectivity index (χ0) is 13.6. The van der Waals surface area contributed by atoms with Crippen LogP contribution in [-0.4, -0.2) is 22.4 Å². The van der Waals surface area contributed by atoms with Crippen molar-refractivity contribution in [3.63, 3.8) is 0 Å². The lowest BCUT2D eigenvalue weighted by atomic mass is 9.90. The zero-order valence-electron chi connectivity index (χ0n) is 10.7. The van der Waals surface area contributed by atoms with Crippen LogP contribution in [0.2, 0.25) is 0 Å². The smallest absolute Gasteiger partial charge is 0.327 e. The number of nitriles is 1. The van der Waals surface area contributed by atoms with Gasteiger partial charge in [0.15, 0.2) is 0 Å². The van der Waals surface area contributed by atoms with E-state index in [4.69, 9.17) is 15.7 Å². The fraction of sp³-hybridized carbons (Fsp3) is 0.583. The largest absolute Gasteiger partial charge is 0.464 e. The number of nitrogen functional groups attached to an aromatic ring is 1. The number of anilines is 1. The van der Waals surface area contributed by atoms with E-state index in [9.17, 15) is 4.79 Å². The molecule has 0 saturated heterocycles. The Hall–Kier alpha value is -2.03. The van der Waals surface area contributed by atoms with E-state index in [1.54, 1.807) is 6.20 Å². The topological polar surface area (TPSA) is 93.9 Å². The summed E-state index contributed by atoms with van der Waals surface area (Å²) in [6.07, 6.45) is 4.42. The van der Waals surface area contributed by atoms with E-state index in [1.165, 1.54) is 10.9 Å². The Balaban J connectivity index is 2.20. The number of rotatable bonds is 6. The fourth-order valence-corrected chi connectivity index (χ4v) is 1.40. The number of carbonyl (C=O) groups excluding carboxylic acids is 1. The lowest BCUT2D eigenvalue weighted by molar-refractivity contribution is -0.144. The predicted octanol–water partition coefficient (Wildman–Crippen LogP) is 1.34. The highest BCUT2D eigenvalue weighted by atomic mass is 16.5. The summed E-state index contributed by atoms with van der Waals surface area (Å²) < 4.78 is 6.47. The Morgan fingerprint density at radius 2 is 2.39 bits per heavy atom. The van der Waals surface area contributed by atoms with Crippen molar-refractivity contribution in [3.05, 3.63) is 12.4 Å².